The molecule has 3 N–H and O–H groups in total. The Kier molecular flexibility index (Phi) is 5.44. The van der Waals surface area contributed by atoms with E-state index in [2.05, 4.69) is 15.5 Å². The van der Waals surface area contributed by atoms with Crippen LogP contribution in [0, 0.1) is 6.92 Å². The van der Waals surface area contributed by atoms with Crippen LogP contribution < -0.4 is 11.1 Å². The van der Waals surface area contributed by atoms with Crippen molar-refractivity contribution in [3.63, 3.8) is 0 Å². The van der Waals surface area contributed by atoms with E-state index < -0.39 is 23.9 Å². The van der Waals surface area contributed by atoms with Crippen molar-refractivity contribution in [1.82, 2.24) is 10.1 Å². The number of carbonyl (C=O) groups is 1. The lowest BCUT2D eigenvalue weighted by Crippen LogP contribution is -2.19. The van der Waals surface area contributed by atoms with Crippen LogP contribution in [0.1, 0.15) is 29.8 Å². The maximum absolute atomic E-state index is 13.2. The molecule has 2 heterocycles. The minimum absolute atomic E-state index is 0.155. The molecular formula is C19H17F3N4O3. The molecule has 152 valence electrons. The Morgan fingerprint density at radius 1 is 1.24 bits per heavy atom. The number of alkyl halides is 3. The second-order valence-corrected chi connectivity index (χ2v) is 6.21. The van der Waals surface area contributed by atoms with Crippen LogP contribution in [0.5, 0.6) is 0 Å². The molecule has 7 nitrogen and oxygen atoms in total. The Labute approximate surface area is 163 Å². The molecule has 0 unspecified atom stereocenters. The summed E-state index contributed by atoms with van der Waals surface area (Å²) >= 11 is 0. The van der Waals surface area contributed by atoms with Gasteiger partial charge in [0.1, 0.15) is 23.2 Å². The number of nitrogens with two attached hydrogens (primary N) is 1. The van der Waals surface area contributed by atoms with E-state index in [4.69, 9.17) is 15.0 Å². The number of ether oxygens (including phenoxy) is 1. The number of aryl methyl sites for hydroxylation is 1. The Morgan fingerprint density at radius 2 is 1.97 bits per heavy atom. The molecule has 1 atom stereocenters. The van der Waals surface area contributed by atoms with E-state index in [9.17, 15) is 18.0 Å². The number of anilines is 2. The highest BCUT2D eigenvalue weighted by Gasteiger charge is 2.35. The van der Waals surface area contributed by atoms with E-state index in [1.54, 1.807) is 19.1 Å². The fourth-order valence-corrected chi connectivity index (χ4v) is 2.70. The molecular weight excluding hydrogens is 389 g/mol. The molecule has 29 heavy (non-hydrogen) atoms. The van der Waals surface area contributed by atoms with E-state index in [-0.39, 0.29) is 17.0 Å². The summed E-state index contributed by atoms with van der Waals surface area (Å²) in [5.41, 5.74) is 5.93. The van der Waals surface area contributed by atoms with Gasteiger partial charge in [-0.25, -0.2) is 4.79 Å². The lowest BCUT2D eigenvalue weighted by Gasteiger charge is -2.19. The van der Waals surface area contributed by atoms with Gasteiger partial charge >= 0.3 is 12.3 Å². The van der Waals surface area contributed by atoms with Crippen molar-refractivity contribution in [3.05, 3.63) is 59.4 Å². The van der Waals surface area contributed by atoms with Gasteiger partial charge in [0, 0.05) is 5.56 Å². The Hall–Kier alpha value is -3.56. The van der Waals surface area contributed by atoms with Crippen LogP contribution in [0.25, 0.3) is 11.5 Å². The molecule has 10 heteroatoms. The number of amides is 1. The number of hydrogen-bond acceptors (Lipinski definition) is 6. The van der Waals surface area contributed by atoms with Crippen LogP contribution >= 0.6 is 0 Å². The smallest absolute Gasteiger partial charge is 0.416 e. The molecule has 0 aliphatic rings. The highest BCUT2D eigenvalue weighted by molar-refractivity contribution is 5.90. The van der Waals surface area contributed by atoms with Gasteiger partial charge in [0.05, 0.1) is 17.4 Å². The van der Waals surface area contributed by atoms with Gasteiger partial charge in [-0.2, -0.15) is 13.2 Å². The number of rotatable bonds is 4. The third-order valence-corrected chi connectivity index (χ3v) is 4.10. The van der Waals surface area contributed by atoms with E-state index in [1.165, 1.54) is 31.3 Å². The summed E-state index contributed by atoms with van der Waals surface area (Å²) in [5, 5.41) is 6.25. The maximum Gasteiger partial charge on any atom is 0.416 e. The molecule has 1 aromatic carbocycles. The molecule has 3 rings (SSSR count). The quantitative estimate of drug-likeness (QED) is 0.635. The van der Waals surface area contributed by atoms with Gasteiger partial charge < -0.3 is 15.0 Å². The number of nitrogens with zero attached hydrogens (tertiary/aromatic N) is 2. The summed E-state index contributed by atoms with van der Waals surface area (Å²) in [6.45, 7) is 2.94. The number of nitrogen functional groups attached to an aromatic ring is 1. The third-order valence-electron chi connectivity index (χ3n) is 4.10. The second kappa shape index (κ2) is 7.82. The molecule has 0 fully saturated rings. The van der Waals surface area contributed by atoms with Gasteiger partial charge in [0.25, 0.3) is 0 Å². The molecule has 0 saturated heterocycles. The van der Waals surface area contributed by atoms with Crippen LogP contribution in [-0.4, -0.2) is 16.2 Å². The molecule has 0 saturated carbocycles. The molecule has 0 aliphatic heterocycles. The summed E-state index contributed by atoms with van der Waals surface area (Å²) in [4.78, 5) is 16.4. The van der Waals surface area contributed by atoms with Crippen molar-refractivity contribution in [2.45, 2.75) is 26.1 Å². The summed E-state index contributed by atoms with van der Waals surface area (Å²) in [5.74, 6) is 0.169. The van der Waals surface area contributed by atoms with Crippen LogP contribution in [-0.2, 0) is 10.9 Å². The van der Waals surface area contributed by atoms with Crippen LogP contribution in [0.3, 0.4) is 0 Å². The molecule has 0 spiro atoms. The fraction of sp³-hybridized carbons (Fsp3) is 0.211. The summed E-state index contributed by atoms with van der Waals surface area (Å²) in [7, 11) is 0. The van der Waals surface area contributed by atoms with Gasteiger partial charge in [-0.3, -0.25) is 10.3 Å². The lowest BCUT2D eigenvalue weighted by molar-refractivity contribution is -0.139. The molecule has 0 bridgehead atoms. The number of halogens is 3. The van der Waals surface area contributed by atoms with Gasteiger partial charge in [-0.15, -0.1) is 0 Å². The van der Waals surface area contributed by atoms with Crippen molar-refractivity contribution in [1.29, 1.82) is 0 Å². The fourth-order valence-electron chi connectivity index (χ4n) is 2.70. The topological polar surface area (TPSA) is 103 Å². The molecule has 0 aliphatic carbocycles. The first-order chi connectivity index (χ1) is 13.7. The summed E-state index contributed by atoms with van der Waals surface area (Å²) in [6.07, 6.45) is -5.27. The van der Waals surface area contributed by atoms with Crippen molar-refractivity contribution in [3.8, 4) is 11.5 Å². The zero-order chi connectivity index (χ0) is 21.2. The van der Waals surface area contributed by atoms with Crippen LogP contribution in [0.15, 0.2) is 47.1 Å². The molecule has 3 aromatic rings. The zero-order valence-corrected chi connectivity index (χ0v) is 15.4. The molecule has 2 aromatic heterocycles. The van der Waals surface area contributed by atoms with Gasteiger partial charge in [-0.1, -0.05) is 23.4 Å². The van der Waals surface area contributed by atoms with E-state index in [0.29, 0.717) is 17.1 Å². The monoisotopic (exact) mass is 406 g/mol. The van der Waals surface area contributed by atoms with E-state index in [0.717, 1.165) is 6.07 Å². The largest absolute Gasteiger partial charge is 0.441 e. The number of carbonyl (C=O) groups excluding carboxylic acids is 1. The number of benzene rings is 1. The Bertz CT molecular complexity index is 1020. The second-order valence-electron chi connectivity index (χ2n) is 6.21. The number of hydrogen-bond donors (Lipinski definition) is 2. The standard InChI is InChI=1S/C19H17F3N4O3/c1-10-16(17(29-26-10)15-8-7-12(23)9-24-15)25-18(27)28-11(2)13-5-3-4-6-14(13)19(20,21)22/h3-9,11H,23H2,1-2H3,(H,25,27)/t11-/m1/s1. The molecule has 1 amide bonds. The predicted molar refractivity (Wildman–Crippen MR) is 98.8 cm³/mol. The average molecular weight is 406 g/mol. The first-order valence-electron chi connectivity index (χ1n) is 8.48. The van der Waals surface area contributed by atoms with Gasteiger partial charge in [-0.05, 0) is 32.0 Å². The Morgan fingerprint density at radius 3 is 2.62 bits per heavy atom. The predicted octanol–water partition coefficient (Wildman–Crippen LogP) is 4.96. The van der Waals surface area contributed by atoms with Crippen LogP contribution in [0.4, 0.5) is 29.3 Å². The van der Waals surface area contributed by atoms with Crippen molar-refractivity contribution in [2.24, 2.45) is 0 Å². The highest BCUT2D eigenvalue weighted by atomic mass is 19.4. The van der Waals surface area contributed by atoms with Crippen molar-refractivity contribution >= 4 is 17.5 Å². The molecule has 0 radical (unpaired) electrons. The van der Waals surface area contributed by atoms with E-state index in [1.807, 2.05) is 0 Å². The lowest BCUT2D eigenvalue weighted by atomic mass is 10.0. The first-order valence-corrected chi connectivity index (χ1v) is 8.48. The Balaban J connectivity index is 1.79. The van der Waals surface area contributed by atoms with Gasteiger partial charge in [0.15, 0.2) is 0 Å². The van der Waals surface area contributed by atoms with E-state index >= 15 is 0 Å². The third kappa shape index (κ3) is 4.48. The van der Waals surface area contributed by atoms with Crippen molar-refractivity contribution in [2.75, 3.05) is 11.1 Å². The minimum Gasteiger partial charge on any atom is -0.441 e. The first kappa shape index (κ1) is 20.2. The minimum atomic E-state index is -4.57. The van der Waals surface area contributed by atoms with Crippen molar-refractivity contribution < 1.29 is 27.2 Å². The zero-order valence-electron chi connectivity index (χ0n) is 15.4. The number of aromatic nitrogens is 2. The summed E-state index contributed by atoms with van der Waals surface area (Å²) < 4.78 is 49.9. The normalized spacial score (nSPS) is 12.4. The number of nitrogens with one attached hydrogen (secondary N) is 1. The van der Waals surface area contributed by atoms with Crippen LogP contribution in [0.2, 0.25) is 0 Å². The van der Waals surface area contributed by atoms with Gasteiger partial charge in [0.2, 0.25) is 5.76 Å². The summed E-state index contributed by atoms with van der Waals surface area (Å²) in [6, 6.07) is 8.08. The highest BCUT2D eigenvalue weighted by Crippen LogP contribution is 2.36. The average Bonchev–Trinajstić information content (AvgIpc) is 3.02. The number of pyridine rings is 1. The SMILES string of the molecule is Cc1noc(-c2ccc(N)cn2)c1NC(=O)O[C@H](C)c1ccccc1C(F)(F)F. The maximum atomic E-state index is 13.2.